The van der Waals surface area contributed by atoms with E-state index in [4.69, 9.17) is 4.74 Å². The molecule has 1 aliphatic heterocycles. The Bertz CT molecular complexity index is 757. The van der Waals surface area contributed by atoms with Crippen LogP contribution in [0.1, 0.15) is 29.9 Å². The Hall–Kier alpha value is -2.88. The summed E-state index contributed by atoms with van der Waals surface area (Å²) in [7, 11) is 0. The molecule has 2 aromatic rings. The van der Waals surface area contributed by atoms with E-state index in [9.17, 15) is 9.59 Å². The minimum absolute atomic E-state index is 0.00646. The lowest BCUT2D eigenvalue weighted by Gasteiger charge is -2.22. The van der Waals surface area contributed by atoms with Gasteiger partial charge in [0.15, 0.2) is 0 Å². The number of allylic oxidation sites excluding steroid dienone is 1. The first-order valence-electron chi connectivity index (χ1n) is 8.87. The summed E-state index contributed by atoms with van der Waals surface area (Å²) in [6.07, 6.45) is 2.82. The van der Waals surface area contributed by atoms with E-state index in [-0.39, 0.29) is 30.9 Å². The molecule has 4 heteroatoms. The first-order valence-corrected chi connectivity index (χ1v) is 8.87. The third-order valence-corrected chi connectivity index (χ3v) is 4.69. The molecule has 0 aliphatic carbocycles. The Labute approximate surface area is 154 Å². The normalized spacial score (nSPS) is 17.6. The molecular formula is C22H23NO3. The van der Waals surface area contributed by atoms with E-state index < -0.39 is 6.09 Å². The molecule has 1 saturated heterocycles. The highest BCUT2D eigenvalue weighted by Gasteiger charge is 2.38. The second-order valence-electron chi connectivity index (χ2n) is 6.52. The molecule has 2 amide bonds. The highest BCUT2D eigenvalue weighted by atomic mass is 16.6. The third kappa shape index (κ3) is 4.20. The van der Waals surface area contributed by atoms with Gasteiger partial charge < -0.3 is 4.74 Å². The molecule has 2 aromatic carbocycles. The van der Waals surface area contributed by atoms with Crippen molar-refractivity contribution in [2.75, 3.05) is 6.61 Å². The standard InChI is InChI=1S/C22H23NO3/c1-2-9-19(18-12-7-4-8-13-18)15-21(24)23-20(16-26-22(23)25)14-17-10-5-3-6-11-17/h2-8,10-13,19-20H,1,9,14-16H2. The summed E-state index contributed by atoms with van der Waals surface area (Å²) in [5, 5.41) is 0. The van der Waals surface area contributed by atoms with Crippen LogP contribution in [-0.4, -0.2) is 29.5 Å². The van der Waals surface area contributed by atoms with Crippen LogP contribution in [0.4, 0.5) is 4.79 Å². The smallest absolute Gasteiger partial charge is 0.416 e. The first-order chi connectivity index (χ1) is 12.7. The van der Waals surface area contributed by atoms with E-state index in [1.54, 1.807) is 0 Å². The van der Waals surface area contributed by atoms with Crippen LogP contribution in [0.3, 0.4) is 0 Å². The summed E-state index contributed by atoms with van der Waals surface area (Å²) in [5.74, 6) is -0.184. The molecule has 1 heterocycles. The zero-order chi connectivity index (χ0) is 18.4. The minimum Gasteiger partial charge on any atom is -0.447 e. The summed E-state index contributed by atoms with van der Waals surface area (Å²) in [6, 6.07) is 19.5. The highest BCUT2D eigenvalue weighted by molar-refractivity contribution is 5.94. The van der Waals surface area contributed by atoms with E-state index in [1.807, 2.05) is 66.7 Å². The Kier molecular flexibility index (Phi) is 5.84. The van der Waals surface area contributed by atoms with E-state index >= 15 is 0 Å². The van der Waals surface area contributed by atoms with E-state index in [0.717, 1.165) is 11.1 Å². The van der Waals surface area contributed by atoms with E-state index in [0.29, 0.717) is 12.8 Å². The number of imide groups is 1. The number of amides is 2. The van der Waals surface area contributed by atoms with Crippen LogP contribution in [0.2, 0.25) is 0 Å². The fraction of sp³-hybridized carbons (Fsp3) is 0.273. The number of rotatable bonds is 7. The third-order valence-electron chi connectivity index (χ3n) is 4.69. The maximum Gasteiger partial charge on any atom is 0.416 e. The molecule has 2 unspecified atom stereocenters. The topological polar surface area (TPSA) is 46.6 Å². The van der Waals surface area contributed by atoms with Crippen molar-refractivity contribution >= 4 is 12.0 Å². The van der Waals surface area contributed by atoms with Gasteiger partial charge >= 0.3 is 6.09 Å². The summed E-state index contributed by atoms with van der Waals surface area (Å²) in [6.45, 7) is 4.05. The molecule has 0 saturated carbocycles. The average molecular weight is 349 g/mol. The van der Waals surface area contributed by atoms with E-state index in [1.165, 1.54) is 4.90 Å². The SMILES string of the molecule is C=CCC(CC(=O)N1C(=O)OCC1Cc1ccccc1)c1ccccc1. The number of hydrogen-bond acceptors (Lipinski definition) is 3. The summed E-state index contributed by atoms with van der Waals surface area (Å²) in [4.78, 5) is 26.4. The Morgan fingerprint density at radius 1 is 1.15 bits per heavy atom. The van der Waals surface area contributed by atoms with Crippen molar-refractivity contribution < 1.29 is 14.3 Å². The lowest BCUT2D eigenvalue weighted by Crippen LogP contribution is -2.40. The molecule has 0 N–H and O–H groups in total. The van der Waals surface area contributed by atoms with Gasteiger partial charge in [0.25, 0.3) is 0 Å². The minimum atomic E-state index is -0.540. The van der Waals surface area contributed by atoms with Crippen molar-refractivity contribution in [3.8, 4) is 0 Å². The van der Waals surface area contributed by atoms with E-state index in [2.05, 4.69) is 6.58 Å². The highest BCUT2D eigenvalue weighted by Crippen LogP contribution is 2.27. The fourth-order valence-corrected chi connectivity index (χ4v) is 3.38. The molecule has 134 valence electrons. The summed E-state index contributed by atoms with van der Waals surface area (Å²) < 4.78 is 5.16. The van der Waals surface area contributed by atoms with Crippen molar-refractivity contribution in [2.45, 2.75) is 31.2 Å². The van der Waals surface area contributed by atoms with Crippen molar-refractivity contribution in [1.29, 1.82) is 0 Å². The van der Waals surface area contributed by atoms with Gasteiger partial charge in [0.2, 0.25) is 5.91 Å². The van der Waals surface area contributed by atoms with Crippen molar-refractivity contribution in [2.24, 2.45) is 0 Å². The molecule has 0 spiro atoms. The second kappa shape index (κ2) is 8.48. The van der Waals surface area contributed by atoms with Gasteiger partial charge in [-0.3, -0.25) is 4.79 Å². The maximum absolute atomic E-state index is 12.9. The fourth-order valence-electron chi connectivity index (χ4n) is 3.38. The average Bonchev–Trinajstić information content (AvgIpc) is 3.03. The number of carbonyl (C=O) groups is 2. The zero-order valence-electron chi connectivity index (χ0n) is 14.7. The van der Waals surface area contributed by atoms with Crippen molar-refractivity contribution in [3.05, 3.63) is 84.4 Å². The maximum atomic E-state index is 12.9. The monoisotopic (exact) mass is 349 g/mol. The van der Waals surface area contributed by atoms with Crippen LogP contribution < -0.4 is 0 Å². The zero-order valence-corrected chi connectivity index (χ0v) is 14.7. The Balaban J connectivity index is 1.73. The lowest BCUT2D eigenvalue weighted by atomic mass is 9.91. The molecule has 2 atom stereocenters. The van der Waals surface area contributed by atoms with Gasteiger partial charge in [-0.25, -0.2) is 9.69 Å². The lowest BCUT2D eigenvalue weighted by molar-refractivity contribution is -0.129. The molecule has 3 rings (SSSR count). The number of nitrogens with zero attached hydrogens (tertiary/aromatic N) is 1. The summed E-state index contributed by atoms with van der Waals surface area (Å²) >= 11 is 0. The largest absolute Gasteiger partial charge is 0.447 e. The van der Waals surface area contributed by atoms with Crippen LogP contribution in [0.15, 0.2) is 73.3 Å². The van der Waals surface area contributed by atoms with Crippen LogP contribution in [-0.2, 0) is 16.0 Å². The first kappa shape index (κ1) is 17.9. The predicted octanol–water partition coefficient (Wildman–Crippen LogP) is 4.33. The Morgan fingerprint density at radius 2 is 1.81 bits per heavy atom. The molecule has 0 aromatic heterocycles. The predicted molar refractivity (Wildman–Crippen MR) is 101 cm³/mol. The van der Waals surface area contributed by atoms with Gasteiger partial charge in [0.1, 0.15) is 6.61 Å². The quantitative estimate of drug-likeness (QED) is 0.699. The molecular weight excluding hydrogens is 326 g/mol. The van der Waals surface area contributed by atoms with Crippen LogP contribution >= 0.6 is 0 Å². The number of carbonyl (C=O) groups excluding carboxylic acids is 2. The molecule has 4 nitrogen and oxygen atoms in total. The van der Waals surface area contributed by atoms with Gasteiger partial charge in [-0.2, -0.15) is 0 Å². The van der Waals surface area contributed by atoms with Crippen LogP contribution in [0.5, 0.6) is 0 Å². The van der Waals surface area contributed by atoms with Crippen LogP contribution in [0, 0.1) is 0 Å². The van der Waals surface area contributed by atoms with Crippen molar-refractivity contribution in [1.82, 2.24) is 4.90 Å². The molecule has 1 aliphatic rings. The second-order valence-corrected chi connectivity index (χ2v) is 6.52. The Morgan fingerprint density at radius 3 is 2.46 bits per heavy atom. The summed E-state index contributed by atoms with van der Waals surface area (Å²) in [5.41, 5.74) is 2.16. The van der Waals surface area contributed by atoms with Gasteiger partial charge in [0.05, 0.1) is 6.04 Å². The number of hydrogen-bond donors (Lipinski definition) is 0. The molecule has 1 fully saturated rings. The van der Waals surface area contributed by atoms with Crippen LogP contribution in [0.25, 0.3) is 0 Å². The van der Waals surface area contributed by atoms with Gasteiger partial charge in [-0.15, -0.1) is 6.58 Å². The molecule has 26 heavy (non-hydrogen) atoms. The molecule has 0 radical (unpaired) electrons. The van der Waals surface area contributed by atoms with Gasteiger partial charge in [-0.05, 0) is 29.9 Å². The number of ether oxygens (including phenoxy) is 1. The number of cyclic esters (lactones) is 1. The van der Waals surface area contributed by atoms with Gasteiger partial charge in [0, 0.05) is 6.42 Å². The molecule has 0 bridgehead atoms. The number of benzene rings is 2. The van der Waals surface area contributed by atoms with Gasteiger partial charge in [-0.1, -0.05) is 66.7 Å². The van der Waals surface area contributed by atoms with Crippen molar-refractivity contribution in [3.63, 3.8) is 0 Å².